The summed E-state index contributed by atoms with van der Waals surface area (Å²) < 4.78 is 26.5. The summed E-state index contributed by atoms with van der Waals surface area (Å²) in [5.74, 6) is -1.83. The highest BCUT2D eigenvalue weighted by atomic mass is 19.1. The van der Waals surface area contributed by atoms with Gasteiger partial charge in [0.25, 0.3) is 0 Å². The van der Waals surface area contributed by atoms with Crippen molar-refractivity contribution in [3.63, 3.8) is 0 Å². The van der Waals surface area contributed by atoms with Crippen molar-refractivity contribution in [2.24, 2.45) is 0 Å². The highest BCUT2D eigenvalue weighted by Gasteiger charge is 2.15. The minimum absolute atomic E-state index is 0.0667. The Morgan fingerprint density at radius 3 is 2.43 bits per heavy atom. The van der Waals surface area contributed by atoms with E-state index in [1.54, 1.807) is 0 Å². The molecule has 0 unspecified atom stereocenters. The fourth-order valence-corrected chi connectivity index (χ4v) is 2.13. The molecule has 0 spiro atoms. The van der Waals surface area contributed by atoms with Gasteiger partial charge in [-0.1, -0.05) is 37.3 Å². The largest absolute Gasteiger partial charge is 0.293 e. The van der Waals surface area contributed by atoms with Gasteiger partial charge < -0.3 is 0 Å². The Balaban J connectivity index is 2.06. The van der Waals surface area contributed by atoms with Crippen LogP contribution in [-0.4, -0.2) is 23.8 Å². The van der Waals surface area contributed by atoms with Crippen LogP contribution in [0.1, 0.15) is 22.8 Å². The summed E-state index contributed by atoms with van der Waals surface area (Å²) in [6.45, 7) is 3.33. The van der Waals surface area contributed by atoms with E-state index in [4.69, 9.17) is 0 Å². The Kier molecular flexibility index (Phi) is 5.17. The van der Waals surface area contributed by atoms with Crippen molar-refractivity contribution < 1.29 is 13.6 Å². The van der Waals surface area contributed by atoms with E-state index < -0.39 is 11.6 Å². The van der Waals surface area contributed by atoms with Gasteiger partial charge in [-0.2, -0.15) is 0 Å². The maximum Gasteiger partial charge on any atom is 0.179 e. The zero-order chi connectivity index (χ0) is 15.2. The second-order valence-corrected chi connectivity index (χ2v) is 4.84. The molecule has 0 N–H and O–H groups in total. The number of Topliss-reactive ketones (excluding diaryl/α,β-unsaturated/α-hetero) is 1. The topological polar surface area (TPSA) is 20.3 Å². The van der Waals surface area contributed by atoms with Crippen molar-refractivity contribution in [3.05, 3.63) is 71.3 Å². The summed E-state index contributed by atoms with van der Waals surface area (Å²) >= 11 is 0. The van der Waals surface area contributed by atoms with Crippen molar-refractivity contribution >= 4 is 5.78 Å². The van der Waals surface area contributed by atoms with Gasteiger partial charge in [0.1, 0.15) is 11.6 Å². The summed E-state index contributed by atoms with van der Waals surface area (Å²) in [5, 5.41) is 0. The fraction of sp³-hybridized carbons (Fsp3) is 0.235. The van der Waals surface area contributed by atoms with E-state index in [1.807, 2.05) is 42.2 Å². The molecule has 0 aliphatic carbocycles. The molecule has 2 nitrogen and oxygen atoms in total. The van der Waals surface area contributed by atoms with Crippen LogP contribution in [0.25, 0.3) is 0 Å². The van der Waals surface area contributed by atoms with Crippen LogP contribution in [0.3, 0.4) is 0 Å². The van der Waals surface area contributed by atoms with E-state index in [0.717, 1.165) is 17.7 Å². The third-order valence-electron chi connectivity index (χ3n) is 3.29. The first-order valence-electron chi connectivity index (χ1n) is 6.84. The van der Waals surface area contributed by atoms with Crippen molar-refractivity contribution in [2.45, 2.75) is 13.5 Å². The summed E-state index contributed by atoms with van der Waals surface area (Å²) in [7, 11) is 0. The van der Waals surface area contributed by atoms with E-state index in [9.17, 15) is 13.6 Å². The van der Waals surface area contributed by atoms with Crippen molar-refractivity contribution in [1.82, 2.24) is 4.90 Å². The molecule has 0 radical (unpaired) electrons. The summed E-state index contributed by atoms with van der Waals surface area (Å²) in [4.78, 5) is 14.0. The molecule has 0 heterocycles. The molecule has 0 amide bonds. The molecule has 0 aliphatic rings. The van der Waals surface area contributed by atoms with Crippen LogP contribution in [0.15, 0.2) is 48.5 Å². The average molecular weight is 289 g/mol. The molecule has 110 valence electrons. The van der Waals surface area contributed by atoms with Gasteiger partial charge in [0.2, 0.25) is 0 Å². The minimum atomic E-state index is -0.809. The lowest BCUT2D eigenvalue weighted by molar-refractivity contribution is 0.0925. The third-order valence-corrected chi connectivity index (χ3v) is 3.29. The number of hydrogen-bond donors (Lipinski definition) is 0. The quantitative estimate of drug-likeness (QED) is 0.756. The molecule has 0 aromatic heterocycles. The molecule has 0 bridgehead atoms. The Bertz CT molecular complexity index is 613. The van der Waals surface area contributed by atoms with E-state index in [2.05, 4.69) is 0 Å². The molecule has 0 aliphatic heterocycles. The molecule has 2 aromatic carbocycles. The molecule has 2 rings (SSSR count). The molecule has 0 saturated carbocycles. The van der Waals surface area contributed by atoms with Crippen LogP contribution in [0.5, 0.6) is 0 Å². The van der Waals surface area contributed by atoms with Crippen LogP contribution in [0, 0.1) is 11.6 Å². The number of ketones is 1. The SMILES string of the molecule is CCN(CC(=O)c1ccc(F)cc1F)Cc1ccccc1. The van der Waals surface area contributed by atoms with E-state index in [1.165, 1.54) is 6.07 Å². The van der Waals surface area contributed by atoms with Crippen LogP contribution in [0.2, 0.25) is 0 Å². The summed E-state index contributed by atoms with van der Waals surface area (Å²) in [5.41, 5.74) is 1.02. The lowest BCUT2D eigenvalue weighted by Crippen LogP contribution is -2.29. The molecule has 21 heavy (non-hydrogen) atoms. The number of carbonyl (C=O) groups excluding carboxylic acids is 1. The summed E-state index contributed by atoms with van der Waals surface area (Å²) in [6, 6.07) is 12.8. The number of hydrogen-bond acceptors (Lipinski definition) is 2. The van der Waals surface area contributed by atoms with Crippen LogP contribution in [0.4, 0.5) is 8.78 Å². The molecular weight excluding hydrogens is 272 g/mol. The maximum absolute atomic E-state index is 13.6. The molecule has 0 saturated heterocycles. The zero-order valence-corrected chi connectivity index (χ0v) is 11.9. The lowest BCUT2D eigenvalue weighted by atomic mass is 10.1. The predicted octanol–water partition coefficient (Wildman–Crippen LogP) is 3.67. The van der Waals surface area contributed by atoms with Gasteiger partial charge in [0, 0.05) is 12.6 Å². The number of benzene rings is 2. The number of nitrogens with zero attached hydrogens (tertiary/aromatic N) is 1. The second kappa shape index (κ2) is 7.09. The molecule has 0 atom stereocenters. The second-order valence-electron chi connectivity index (χ2n) is 4.84. The van der Waals surface area contributed by atoms with Gasteiger partial charge in [-0.05, 0) is 24.2 Å². The Hall–Kier alpha value is -2.07. The van der Waals surface area contributed by atoms with Gasteiger partial charge in [0.15, 0.2) is 5.78 Å². The number of likely N-dealkylation sites (N-methyl/N-ethyl adjacent to an activating group) is 1. The smallest absolute Gasteiger partial charge is 0.179 e. The lowest BCUT2D eigenvalue weighted by Gasteiger charge is -2.19. The van der Waals surface area contributed by atoms with Gasteiger partial charge in [-0.15, -0.1) is 0 Å². The van der Waals surface area contributed by atoms with Gasteiger partial charge in [0.05, 0.1) is 12.1 Å². The molecular formula is C17H17F2NO. The Morgan fingerprint density at radius 2 is 1.81 bits per heavy atom. The third kappa shape index (κ3) is 4.20. The standard InChI is InChI=1S/C17H17F2NO/c1-2-20(11-13-6-4-3-5-7-13)12-17(21)15-9-8-14(18)10-16(15)19/h3-10H,2,11-12H2,1H3. The first-order valence-corrected chi connectivity index (χ1v) is 6.84. The fourth-order valence-electron chi connectivity index (χ4n) is 2.13. The summed E-state index contributed by atoms with van der Waals surface area (Å²) in [6.07, 6.45) is 0. The highest BCUT2D eigenvalue weighted by molar-refractivity contribution is 5.97. The van der Waals surface area contributed by atoms with Crippen LogP contribution in [-0.2, 0) is 6.54 Å². The maximum atomic E-state index is 13.6. The highest BCUT2D eigenvalue weighted by Crippen LogP contribution is 2.12. The van der Waals surface area contributed by atoms with Crippen LogP contribution < -0.4 is 0 Å². The number of rotatable bonds is 6. The molecule has 2 aromatic rings. The number of carbonyl (C=O) groups is 1. The van der Waals surface area contributed by atoms with E-state index >= 15 is 0 Å². The van der Waals surface area contributed by atoms with Gasteiger partial charge in [-0.25, -0.2) is 8.78 Å². The van der Waals surface area contributed by atoms with E-state index in [0.29, 0.717) is 13.1 Å². The number of halogens is 2. The van der Waals surface area contributed by atoms with Crippen molar-refractivity contribution in [2.75, 3.05) is 13.1 Å². The molecule has 0 fully saturated rings. The normalized spacial score (nSPS) is 10.9. The minimum Gasteiger partial charge on any atom is -0.293 e. The molecule has 4 heteroatoms. The average Bonchev–Trinajstić information content (AvgIpc) is 2.47. The Labute approximate surface area is 123 Å². The Morgan fingerprint density at radius 1 is 1.10 bits per heavy atom. The predicted molar refractivity (Wildman–Crippen MR) is 78.1 cm³/mol. The van der Waals surface area contributed by atoms with Gasteiger partial charge >= 0.3 is 0 Å². The first-order chi connectivity index (χ1) is 10.1. The van der Waals surface area contributed by atoms with E-state index in [-0.39, 0.29) is 17.9 Å². The van der Waals surface area contributed by atoms with Gasteiger partial charge in [-0.3, -0.25) is 9.69 Å². The zero-order valence-electron chi connectivity index (χ0n) is 11.9. The van der Waals surface area contributed by atoms with Crippen LogP contribution >= 0.6 is 0 Å². The van der Waals surface area contributed by atoms with Crippen molar-refractivity contribution in [1.29, 1.82) is 0 Å². The monoisotopic (exact) mass is 289 g/mol. The first kappa shape index (κ1) is 15.3. The van der Waals surface area contributed by atoms with Crippen molar-refractivity contribution in [3.8, 4) is 0 Å².